The van der Waals surface area contributed by atoms with Crippen LogP contribution in [0.5, 0.6) is 17.2 Å². The van der Waals surface area contributed by atoms with Crippen LogP contribution in [0.4, 0.5) is 0 Å². The van der Waals surface area contributed by atoms with Crippen LogP contribution < -0.4 is 10.9 Å². The molecule has 0 atom stereocenters. The summed E-state index contributed by atoms with van der Waals surface area (Å²) in [6.45, 7) is 3.81. The van der Waals surface area contributed by atoms with Crippen molar-refractivity contribution in [1.82, 2.24) is 0 Å². The van der Waals surface area contributed by atoms with Crippen molar-refractivity contribution in [2.45, 2.75) is 6.42 Å². The molecule has 1 heterocycles. The van der Waals surface area contributed by atoms with E-state index in [9.17, 15) is 15.3 Å². The van der Waals surface area contributed by atoms with Crippen molar-refractivity contribution < 1.29 is 15.3 Å². The molecule has 0 aromatic heterocycles. The van der Waals surface area contributed by atoms with Crippen LogP contribution in [0.15, 0.2) is 155 Å². The molecule has 0 fully saturated rings. The summed E-state index contributed by atoms with van der Waals surface area (Å²) in [6.07, 6.45) is 17.0. The lowest BCUT2D eigenvalue weighted by atomic mass is 9.78. The molecule has 5 aromatic rings. The van der Waals surface area contributed by atoms with E-state index >= 15 is 0 Å². The molecule has 0 unspecified atom stereocenters. The average molecular weight is 635 g/mol. The number of amidine groups is 1. The minimum Gasteiger partial charge on any atom is -0.505 e. The highest BCUT2D eigenvalue weighted by atomic mass is 16.3. The van der Waals surface area contributed by atoms with Gasteiger partial charge in [-0.3, -0.25) is 9.98 Å². The van der Waals surface area contributed by atoms with E-state index in [2.05, 4.69) is 77.2 Å². The van der Waals surface area contributed by atoms with Crippen LogP contribution in [-0.4, -0.2) is 55.3 Å². The zero-order valence-electron chi connectivity index (χ0n) is 26.7. The van der Waals surface area contributed by atoms with Crippen LogP contribution in [0.1, 0.15) is 17.5 Å². The zero-order chi connectivity index (χ0) is 34.3. The van der Waals surface area contributed by atoms with Gasteiger partial charge in [0.15, 0.2) is 23.1 Å². The van der Waals surface area contributed by atoms with E-state index in [1.165, 1.54) is 5.39 Å². The number of aliphatic imine (C=N–C) groups is 3. The van der Waals surface area contributed by atoms with Gasteiger partial charge >= 0.3 is 0 Å². The molecule has 3 N–H and O–H groups in total. The Morgan fingerprint density at radius 1 is 0.755 bits per heavy atom. The smallest absolute Gasteiger partial charge is 0.199 e. The van der Waals surface area contributed by atoms with Gasteiger partial charge in [0, 0.05) is 23.5 Å². The molecule has 1 aliphatic rings. The van der Waals surface area contributed by atoms with Gasteiger partial charge in [0.2, 0.25) is 0 Å². The van der Waals surface area contributed by atoms with E-state index in [1.54, 1.807) is 18.5 Å². The Morgan fingerprint density at radius 2 is 1.47 bits per heavy atom. The van der Waals surface area contributed by atoms with E-state index < -0.39 is 17.2 Å². The normalized spacial score (nSPS) is 16.4. The highest BCUT2D eigenvalue weighted by molar-refractivity contribution is 6.48. The maximum Gasteiger partial charge on any atom is 0.199 e. The molecule has 0 spiro atoms. The lowest BCUT2D eigenvalue weighted by molar-refractivity contribution is 0.372. The molecule has 0 bridgehead atoms. The number of aromatic hydroxyl groups is 3. The van der Waals surface area contributed by atoms with Crippen LogP contribution in [0.25, 0.3) is 32.7 Å². The van der Waals surface area contributed by atoms with Gasteiger partial charge in [-0.05, 0) is 79.9 Å². The van der Waals surface area contributed by atoms with Crippen molar-refractivity contribution in [3.05, 3.63) is 151 Å². The van der Waals surface area contributed by atoms with Crippen LogP contribution in [0.3, 0.4) is 0 Å². The Balaban J connectivity index is 1.53. The Kier molecular flexibility index (Phi) is 9.86. The standard InChI is InChI=1S/C41H31B2N3O3/c1-2-21-44-23-20-26-11-3-8-19-34(46-41(45-22-10-12-26)35-36(42)38(47)40(49)39(48)37(35)43)29-15-9-14-27(24-29)33-25-28-13-4-5-16-30(28)31-17-6-7-18-32(31)33/h2,4-21,23-25,47-49H,1,3,22H2/b12-10-,19-8+,23-20+,26-11+,44-21?,45-41?,46-34?. The second kappa shape index (κ2) is 14.7. The highest BCUT2D eigenvalue weighted by Crippen LogP contribution is 2.35. The SMILES string of the molecule is [B]c1c(O)c(O)c(O)c([B])c1C1=NC\C=C/C(/C=C/N=CC=C)=C\C/C=C/C(c2cccc(-c3cc4ccccc4c4ccccc34)c2)=N1. The van der Waals surface area contributed by atoms with Gasteiger partial charge in [0.25, 0.3) is 0 Å². The molecule has 0 saturated heterocycles. The summed E-state index contributed by atoms with van der Waals surface area (Å²) in [4.78, 5) is 13.8. The summed E-state index contributed by atoms with van der Waals surface area (Å²) in [6, 6.07) is 27.0. The summed E-state index contributed by atoms with van der Waals surface area (Å²) in [7, 11) is 12.5. The molecule has 1 aliphatic heterocycles. The van der Waals surface area contributed by atoms with Crippen molar-refractivity contribution in [2.75, 3.05) is 6.54 Å². The van der Waals surface area contributed by atoms with Gasteiger partial charge in [-0.1, -0.05) is 104 Å². The van der Waals surface area contributed by atoms with E-state index in [1.807, 2.05) is 54.6 Å². The Hall–Kier alpha value is -6.14. The van der Waals surface area contributed by atoms with Crippen LogP contribution in [0, 0.1) is 0 Å². The summed E-state index contributed by atoms with van der Waals surface area (Å²) >= 11 is 0. The number of rotatable bonds is 6. The third kappa shape index (κ3) is 6.94. The van der Waals surface area contributed by atoms with Gasteiger partial charge in [0.1, 0.15) is 15.7 Å². The molecule has 5 aromatic carbocycles. The number of fused-ring (bicyclic) bond motifs is 3. The van der Waals surface area contributed by atoms with Crippen molar-refractivity contribution in [2.24, 2.45) is 15.0 Å². The molecular formula is C41H31B2N3O3. The molecule has 6 rings (SSSR count). The van der Waals surface area contributed by atoms with Crippen molar-refractivity contribution in [1.29, 1.82) is 0 Å². The average Bonchev–Trinajstić information content (AvgIpc) is 3.13. The first-order chi connectivity index (χ1) is 23.9. The fraction of sp³-hybridized carbons (Fsp3) is 0.0488. The van der Waals surface area contributed by atoms with E-state index in [0.717, 1.165) is 38.4 Å². The lowest BCUT2D eigenvalue weighted by Gasteiger charge is -2.17. The molecule has 8 heteroatoms. The van der Waals surface area contributed by atoms with E-state index in [4.69, 9.17) is 20.7 Å². The van der Waals surface area contributed by atoms with Crippen molar-refractivity contribution >= 4 is 65.9 Å². The molecule has 0 amide bonds. The summed E-state index contributed by atoms with van der Waals surface area (Å²) in [5.41, 5.74) is 3.81. The number of phenols is 3. The van der Waals surface area contributed by atoms with E-state index in [0.29, 0.717) is 12.1 Å². The first-order valence-corrected chi connectivity index (χ1v) is 15.7. The molecule has 4 radical (unpaired) electrons. The topological polar surface area (TPSA) is 97.8 Å². The summed E-state index contributed by atoms with van der Waals surface area (Å²) < 4.78 is 0. The first kappa shape index (κ1) is 32.8. The predicted octanol–water partition coefficient (Wildman–Crippen LogP) is 6.81. The zero-order valence-corrected chi connectivity index (χ0v) is 26.7. The number of nitrogens with zero attached hydrogens (tertiary/aromatic N) is 3. The summed E-state index contributed by atoms with van der Waals surface area (Å²) in [5, 5.41) is 35.9. The Labute approximate surface area is 287 Å². The second-order valence-corrected chi connectivity index (χ2v) is 11.3. The van der Waals surface area contributed by atoms with Gasteiger partial charge in [0.05, 0.1) is 12.3 Å². The first-order valence-electron chi connectivity index (χ1n) is 15.7. The molecule has 0 aliphatic carbocycles. The number of phenolic OH excluding ortho intramolecular Hbond substituents is 3. The third-order valence-electron chi connectivity index (χ3n) is 8.15. The number of hydrogen-bond donors (Lipinski definition) is 3. The summed E-state index contributed by atoms with van der Waals surface area (Å²) in [5.74, 6) is -2.16. The molecule has 6 nitrogen and oxygen atoms in total. The maximum absolute atomic E-state index is 10.5. The fourth-order valence-electron chi connectivity index (χ4n) is 5.75. The third-order valence-corrected chi connectivity index (χ3v) is 8.15. The fourth-order valence-corrected chi connectivity index (χ4v) is 5.75. The molecule has 49 heavy (non-hydrogen) atoms. The number of allylic oxidation sites excluding steroid dienone is 7. The Morgan fingerprint density at radius 3 is 2.24 bits per heavy atom. The van der Waals surface area contributed by atoms with Gasteiger partial charge in [-0.15, -0.1) is 0 Å². The van der Waals surface area contributed by atoms with Crippen molar-refractivity contribution in [3.8, 4) is 28.4 Å². The largest absolute Gasteiger partial charge is 0.505 e. The van der Waals surface area contributed by atoms with Gasteiger partial charge in [-0.25, -0.2) is 4.99 Å². The van der Waals surface area contributed by atoms with Gasteiger partial charge in [-0.2, -0.15) is 0 Å². The van der Waals surface area contributed by atoms with Crippen LogP contribution >= 0.6 is 0 Å². The van der Waals surface area contributed by atoms with Gasteiger partial charge < -0.3 is 15.3 Å². The minimum atomic E-state index is -0.813. The quantitative estimate of drug-likeness (QED) is 0.0828. The Bertz CT molecular complexity index is 2280. The van der Waals surface area contributed by atoms with Crippen LogP contribution in [-0.2, 0) is 0 Å². The molecule has 0 saturated carbocycles. The second-order valence-electron chi connectivity index (χ2n) is 11.3. The minimum absolute atomic E-state index is 0.00950. The van der Waals surface area contributed by atoms with Crippen molar-refractivity contribution in [3.63, 3.8) is 0 Å². The maximum atomic E-state index is 10.5. The molecular weight excluding hydrogens is 604 g/mol. The lowest BCUT2D eigenvalue weighted by Crippen LogP contribution is -2.28. The number of benzene rings is 5. The number of hydrogen-bond acceptors (Lipinski definition) is 6. The van der Waals surface area contributed by atoms with E-state index in [-0.39, 0.29) is 28.9 Å². The highest BCUT2D eigenvalue weighted by Gasteiger charge is 2.21. The van der Waals surface area contributed by atoms with Crippen LogP contribution in [0.2, 0.25) is 0 Å². The molecule has 234 valence electrons. The monoisotopic (exact) mass is 635 g/mol. The predicted molar refractivity (Wildman–Crippen MR) is 206 cm³/mol.